The summed E-state index contributed by atoms with van der Waals surface area (Å²) in [6.07, 6.45) is 7.60. The third kappa shape index (κ3) is 7.44. The number of hydrogen-bond acceptors (Lipinski definition) is 3. The van der Waals surface area contributed by atoms with E-state index in [1.807, 2.05) is 0 Å². The fourth-order valence-corrected chi connectivity index (χ4v) is 5.86. The zero-order valence-corrected chi connectivity index (χ0v) is 14.1. The molecular weight excluding hydrogens is 256 g/mol. The van der Waals surface area contributed by atoms with Gasteiger partial charge in [-0.25, -0.2) is 0 Å². The van der Waals surface area contributed by atoms with Crippen LogP contribution in [0.5, 0.6) is 0 Å². The first-order chi connectivity index (χ1) is 9.26. The fourth-order valence-electron chi connectivity index (χ4n) is 2.16. The molecule has 1 heterocycles. The third-order valence-electron chi connectivity index (χ3n) is 3.62. The lowest BCUT2D eigenvalue weighted by molar-refractivity contribution is 0.150. The fraction of sp³-hybridized carbons (Fsp3) is 1.00. The average Bonchev–Trinajstić information content (AvgIpc) is 3.24. The first kappa shape index (κ1) is 17.1. The van der Waals surface area contributed by atoms with Gasteiger partial charge in [-0.3, -0.25) is 0 Å². The van der Waals surface area contributed by atoms with Crippen LogP contribution in [-0.2, 0) is 13.6 Å². The molecule has 0 amide bonds. The number of ether oxygens (including phenoxy) is 1. The predicted molar refractivity (Wildman–Crippen MR) is 81.7 cm³/mol. The van der Waals surface area contributed by atoms with Crippen LogP contribution in [0.1, 0.15) is 59.3 Å². The van der Waals surface area contributed by atoms with E-state index in [1.54, 1.807) is 0 Å². The molecule has 1 saturated heterocycles. The Balaban J connectivity index is 2.49. The average molecular weight is 289 g/mol. The Bertz CT molecular complexity index is 211. The van der Waals surface area contributed by atoms with Gasteiger partial charge in [-0.1, -0.05) is 52.9 Å². The van der Waals surface area contributed by atoms with Gasteiger partial charge < -0.3 is 13.6 Å². The summed E-state index contributed by atoms with van der Waals surface area (Å²) in [6, 6.07) is 2.31. The molecule has 0 N–H and O–H groups in total. The summed E-state index contributed by atoms with van der Waals surface area (Å²) < 4.78 is 17.9. The van der Waals surface area contributed by atoms with Crippen molar-refractivity contribution in [1.29, 1.82) is 0 Å². The molecule has 1 atom stereocenters. The van der Waals surface area contributed by atoms with E-state index in [-0.39, 0.29) is 0 Å². The van der Waals surface area contributed by atoms with Crippen molar-refractivity contribution in [3.8, 4) is 0 Å². The monoisotopic (exact) mass is 288 g/mol. The van der Waals surface area contributed by atoms with E-state index in [0.29, 0.717) is 6.10 Å². The lowest BCUT2D eigenvalue weighted by Crippen LogP contribution is -2.43. The van der Waals surface area contributed by atoms with Crippen molar-refractivity contribution < 1.29 is 13.6 Å². The van der Waals surface area contributed by atoms with Crippen molar-refractivity contribution in [3.05, 3.63) is 0 Å². The van der Waals surface area contributed by atoms with Crippen LogP contribution in [0.2, 0.25) is 12.1 Å². The first-order valence-electron chi connectivity index (χ1n) is 8.15. The number of hydrogen-bond donors (Lipinski definition) is 0. The van der Waals surface area contributed by atoms with Crippen LogP contribution in [0.4, 0.5) is 0 Å². The van der Waals surface area contributed by atoms with Gasteiger partial charge in [0.1, 0.15) is 6.10 Å². The summed E-state index contributed by atoms with van der Waals surface area (Å²) >= 11 is 0. The van der Waals surface area contributed by atoms with Gasteiger partial charge in [0.25, 0.3) is 0 Å². The van der Waals surface area contributed by atoms with Crippen LogP contribution in [0.15, 0.2) is 0 Å². The number of rotatable bonds is 13. The van der Waals surface area contributed by atoms with Gasteiger partial charge in [-0.05, 0) is 18.5 Å². The Morgan fingerprint density at radius 3 is 2.00 bits per heavy atom. The second kappa shape index (κ2) is 9.92. The van der Waals surface area contributed by atoms with Crippen LogP contribution in [0.3, 0.4) is 0 Å². The molecule has 3 nitrogen and oxygen atoms in total. The number of epoxide rings is 1. The zero-order chi connectivity index (χ0) is 14.0. The minimum Gasteiger partial charge on any atom is -0.394 e. The Labute approximate surface area is 120 Å². The molecule has 19 heavy (non-hydrogen) atoms. The molecule has 0 saturated carbocycles. The molecular formula is C15H32O3Si. The summed E-state index contributed by atoms with van der Waals surface area (Å²) in [4.78, 5) is 0. The van der Waals surface area contributed by atoms with Gasteiger partial charge in [0.2, 0.25) is 0 Å². The number of unbranched alkanes of at least 4 members (excludes halogenated alkanes) is 3. The van der Waals surface area contributed by atoms with Gasteiger partial charge in [0.05, 0.1) is 13.2 Å². The zero-order valence-electron chi connectivity index (χ0n) is 13.1. The summed E-state index contributed by atoms with van der Waals surface area (Å²) in [5, 5.41) is 0. The van der Waals surface area contributed by atoms with Crippen molar-refractivity contribution in [1.82, 2.24) is 0 Å². The summed E-state index contributed by atoms with van der Waals surface area (Å²) in [6.45, 7) is 9.21. The molecule has 0 aromatic rings. The standard InChI is InChI=1S/C15H32O3Si/c1-4-7-10-17-19(11-8-5-2,12-9-6-3)18-14-15-13-16-15/h15H,4-14H2,1-3H3. The van der Waals surface area contributed by atoms with Crippen LogP contribution in [-0.4, -0.2) is 34.5 Å². The molecule has 1 unspecified atom stereocenters. The quantitative estimate of drug-likeness (QED) is 0.288. The van der Waals surface area contributed by atoms with E-state index < -0.39 is 8.56 Å². The van der Waals surface area contributed by atoms with E-state index in [2.05, 4.69) is 20.8 Å². The highest BCUT2D eigenvalue weighted by Crippen LogP contribution is 2.26. The summed E-state index contributed by atoms with van der Waals surface area (Å²) in [7, 11) is -1.98. The lowest BCUT2D eigenvalue weighted by atomic mass is 10.4. The molecule has 0 aromatic carbocycles. The second-order valence-electron chi connectivity index (χ2n) is 5.59. The van der Waals surface area contributed by atoms with Crippen LogP contribution in [0, 0.1) is 0 Å². The van der Waals surface area contributed by atoms with E-state index in [4.69, 9.17) is 13.6 Å². The van der Waals surface area contributed by atoms with Crippen LogP contribution < -0.4 is 0 Å². The van der Waals surface area contributed by atoms with Crippen LogP contribution in [0.25, 0.3) is 0 Å². The van der Waals surface area contributed by atoms with Crippen molar-refractivity contribution in [2.45, 2.75) is 77.5 Å². The maximum absolute atomic E-state index is 6.31. The van der Waals surface area contributed by atoms with Gasteiger partial charge in [0.15, 0.2) is 0 Å². The van der Waals surface area contributed by atoms with Gasteiger partial charge in [-0.2, -0.15) is 0 Å². The summed E-state index contributed by atoms with van der Waals surface area (Å²) in [5.41, 5.74) is 0. The Hall–Kier alpha value is 0.0969. The minimum absolute atomic E-state index is 0.352. The van der Waals surface area contributed by atoms with Gasteiger partial charge >= 0.3 is 8.56 Å². The van der Waals surface area contributed by atoms with E-state index >= 15 is 0 Å². The van der Waals surface area contributed by atoms with E-state index in [0.717, 1.165) is 38.3 Å². The molecule has 4 heteroatoms. The second-order valence-corrected chi connectivity index (χ2v) is 8.98. The molecule has 114 valence electrons. The molecule has 1 fully saturated rings. The SMILES string of the molecule is CCCCO[Si](CCCC)(CCCC)OCC1CO1. The van der Waals surface area contributed by atoms with Crippen molar-refractivity contribution in [3.63, 3.8) is 0 Å². The van der Waals surface area contributed by atoms with Gasteiger partial charge in [0, 0.05) is 6.61 Å². The Kier molecular flexibility index (Phi) is 8.95. The largest absolute Gasteiger partial charge is 0.394 e. The predicted octanol–water partition coefficient (Wildman–Crippen LogP) is 4.26. The highest BCUT2D eigenvalue weighted by molar-refractivity contribution is 6.67. The van der Waals surface area contributed by atoms with Gasteiger partial charge in [-0.15, -0.1) is 0 Å². The van der Waals surface area contributed by atoms with Crippen molar-refractivity contribution in [2.75, 3.05) is 19.8 Å². The Morgan fingerprint density at radius 1 is 0.947 bits per heavy atom. The van der Waals surface area contributed by atoms with E-state index in [9.17, 15) is 0 Å². The normalized spacial score (nSPS) is 18.8. The molecule has 0 aliphatic carbocycles. The molecule has 1 rings (SSSR count). The maximum Gasteiger partial charge on any atom is 0.338 e. The molecule has 1 aliphatic rings. The maximum atomic E-state index is 6.31. The highest BCUT2D eigenvalue weighted by Gasteiger charge is 2.38. The van der Waals surface area contributed by atoms with Crippen molar-refractivity contribution >= 4 is 8.56 Å². The first-order valence-corrected chi connectivity index (χ1v) is 10.4. The van der Waals surface area contributed by atoms with Crippen molar-refractivity contribution in [2.24, 2.45) is 0 Å². The molecule has 1 aliphatic heterocycles. The Morgan fingerprint density at radius 2 is 1.53 bits per heavy atom. The third-order valence-corrected chi connectivity index (χ3v) is 7.27. The van der Waals surface area contributed by atoms with E-state index in [1.165, 1.54) is 32.1 Å². The molecule has 0 aromatic heterocycles. The lowest BCUT2D eigenvalue weighted by Gasteiger charge is -2.31. The molecule has 0 radical (unpaired) electrons. The summed E-state index contributed by atoms with van der Waals surface area (Å²) in [5.74, 6) is 0. The topological polar surface area (TPSA) is 31.0 Å². The molecule has 0 spiro atoms. The van der Waals surface area contributed by atoms with Crippen LogP contribution >= 0.6 is 0 Å². The smallest absolute Gasteiger partial charge is 0.338 e. The highest BCUT2D eigenvalue weighted by atomic mass is 28.4. The molecule has 0 bridgehead atoms. The minimum atomic E-state index is -1.98.